The highest BCUT2D eigenvalue weighted by atomic mass is 79.9. The van der Waals surface area contributed by atoms with Crippen molar-refractivity contribution >= 4 is 51.1 Å². The van der Waals surface area contributed by atoms with Crippen molar-refractivity contribution in [2.24, 2.45) is 17.8 Å². The number of hydrogen-bond acceptors (Lipinski definition) is 6. The highest BCUT2D eigenvalue weighted by Gasteiger charge is 2.57. The molecule has 7 nitrogen and oxygen atoms in total. The highest BCUT2D eigenvalue weighted by molar-refractivity contribution is 9.12. The van der Waals surface area contributed by atoms with Crippen molar-refractivity contribution in [2.45, 2.75) is 25.1 Å². The van der Waals surface area contributed by atoms with Gasteiger partial charge in [-0.25, -0.2) is 0 Å². The number of carbonyl (C=O) groups excluding carboxylic acids is 4. The van der Waals surface area contributed by atoms with Gasteiger partial charge in [-0.2, -0.15) is 0 Å². The van der Waals surface area contributed by atoms with Crippen LogP contribution in [0.25, 0.3) is 6.08 Å². The Morgan fingerprint density at radius 2 is 1.74 bits per heavy atom. The van der Waals surface area contributed by atoms with Crippen LogP contribution in [0.5, 0.6) is 11.5 Å². The molecule has 2 aromatic rings. The van der Waals surface area contributed by atoms with Crippen molar-refractivity contribution in [3.8, 4) is 11.5 Å². The Labute approximate surface area is 245 Å². The maximum Gasteiger partial charge on any atom is 0.573 e. The van der Waals surface area contributed by atoms with Crippen molar-refractivity contribution in [1.29, 1.82) is 0 Å². The van der Waals surface area contributed by atoms with Gasteiger partial charge in [0.25, 0.3) is 0 Å². The van der Waals surface area contributed by atoms with E-state index in [1.165, 1.54) is 0 Å². The molecular weight excluding hydrogens is 619 g/mol. The van der Waals surface area contributed by atoms with E-state index in [0.29, 0.717) is 11.3 Å². The number of aromatic hydroxyl groups is 1. The molecular formula is C31H21BrF3NO6. The van der Waals surface area contributed by atoms with Crippen LogP contribution in [-0.2, 0) is 19.2 Å². The third kappa shape index (κ3) is 4.43. The molecule has 4 aliphatic rings. The number of imide groups is 1. The number of rotatable bonds is 4. The Balaban J connectivity index is 1.48. The first-order chi connectivity index (χ1) is 19.9. The van der Waals surface area contributed by atoms with Crippen molar-refractivity contribution in [3.63, 3.8) is 0 Å². The predicted molar refractivity (Wildman–Crippen MR) is 148 cm³/mol. The van der Waals surface area contributed by atoms with Gasteiger partial charge in [0.1, 0.15) is 11.5 Å². The summed E-state index contributed by atoms with van der Waals surface area (Å²) in [7, 11) is 0. The monoisotopic (exact) mass is 639 g/mol. The number of ketones is 2. The zero-order valence-corrected chi connectivity index (χ0v) is 23.2. The van der Waals surface area contributed by atoms with Crippen LogP contribution < -0.4 is 9.64 Å². The number of phenols is 1. The average molecular weight is 640 g/mol. The van der Waals surface area contributed by atoms with Crippen LogP contribution in [-0.4, -0.2) is 34.8 Å². The third-order valence-electron chi connectivity index (χ3n) is 8.26. The number of allylic oxidation sites excluding steroid dienone is 6. The van der Waals surface area contributed by atoms with Gasteiger partial charge in [-0.3, -0.25) is 24.1 Å². The number of fused-ring (bicyclic) bond motifs is 3. The molecule has 1 N–H and O–H groups in total. The van der Waals surface area contributed by atoms with E-state index in [1.807, 2.05) is 0 Å². The Morgan fingerprint density at radius 1 is 1.02 bits per heavy atom. The minimum atomic E-state index is -5.01. The van der Waals surface area contributed by atoms with Crippen LogP contribution in [0.2, 0.25) is 0 Å². The summed E-state index contributed by atoms with van der Waals surface area (Å²) in [6, 6.07) is 9.65. The van der Waals surface area contributed by atoms with Crippen LogP contribution in [0.3, 0.4) is 0 Å². The van der Waals surface area contributed by atoms with E-state index in [0.717, 1.165) is 34.7 Å². The third-order valence-corrected chi connectivity index (χ3v) is 8.85. The number of phenolic OH excluding ortho intramolecular Hbond substituents is 1. The molecule has 0 aromatic heterocycles. The van der Waals surface area contributed by atoms with Crippen molar-refractivity contribution in [1.82, 2.24) is 0 Å². The summed E-state index contributed by atoms with van der Waals surface area (Å²) in [5.41, 5.74) is 1.66. The number of halogens is 4. The molecule has 0 saturated carbocycles. The van der Waals surface area contributed by atoms with Gasteiger partial charge in [-0.15, -0.1) is 13.2 Å². The second kappa shape index (κ2) is 9.94. The number of anilines is 1. The quantitative estimate of drug-likeness (QED) is 0.254. The lowest BCUT2D eigenvalue weighted by Gasteiger charge is -2.42. The fraction of sp³-hybridized carbons (Fsp3) is 0.226. The molecule has 11 heteroatoms. The topological polar surface area (TPSA) is 101 Å². The summed E-state index contributed by atoms with van der Waals surface area (Å²) in [4.78, 5) is 55.3. The summed E-state index contributed by atoms with van der Waals surface area (Å²) >= 11 is 3.12. The fourth-order valence-electron chi connectivity index (χ4n) is 6.54. The summed E-state index contributed by atoms with van der Waals surface area (Å²) in [6.45, 7) is 3.70. The molecule has 0 bridgehead atoms. The number of ether oxygens (including phenoxy) is 1. The molecule has 6 rings (SSSR count). The van der Waals surface area contributed by atoms with Crippen LogP contribution in [0.4, 0.5) is 18.9 Å². The zero-order valence-electron chi connectivity index (χ0n) is 21.7. The van der Waals surface area contributed by atoms with Crippen LogP contribution in [0.1, 0.15) is 29.9 Å². The molecule has 3 aliphatic carbocycles. The van der Waals surface area contributed by atoms with Crippen molar-refractivity contribution in [3.05, 3.63) is 93.5 Å². The number of amides is 2. The summed E-state index contributed by atoms with van der Waals surface area (Å²) in [5, 5.41) is 10.8. The van der Waals surface area contributed by atoms with Gasteiger partial charge in [0, 0.05) is 28.7 Å². The molecule has 1 fully saturated rings. The summed E-state index contributed by atoms with van der Waals surface area (Å²) < 4.78 is 43.3. The maximum atomic E-state index is 13.9. The van der Waals surface area contributed by atoms with E-state index in [2.05, 4.69) is 27.2 Å². The number of carbonyl (C=O) groups is 4. The minimum Gasteiger partial charge on any atom is -0.508 e. The van der Waals surface area contributed by atoms with Crippen molar-refractivity contribution in [2.75, 3.05) is 4.90 Å². The van der Waals surface area contributed by atoms with Gasteiger partial charge in [0.05, 0.1) is 22.0 Å². The number of nitrogens with zero attached hydrogens (tertiary/aromatic N) is 1. The van der Waals surface area contributed by atoms with E-state index < -0.39 is 64.9 Å². The van der Waals surface area contributed by atoms with Gasteiger partial charge in [-0.05, 0) is 70.6 Å². The number of alkyl halides is 3. The summed E-state index contributed by atoms with van der Waals surface area (Å²) in [6.07, 6.45) is -0.500. The standard InChI is InChI=1S/C31H21BrF3NO6/c1-2-14-3-5-15(6-4-14)36-29(40)18-9-8-17-19(26(18)30(36)41)12-21-27(24(38)13-22(32)28(21)39)25(17)20-11-16(7-10-23(20)37)42-31(33,34)35/h2-8,10-11,13,18-19,25-26,37H,1,9,12H2. The van der Waals surface area contributed by atoms with Crippen molar-refractivity contribution < 1.29 is 42.2 Å². The van der Waals surface area contributed by atoms with E-state index in [4.69, 9.17) is 0 Å². The molecule has 1 aliphatic heterocycles. The lowest BCUT2D eigenvalue weighted by Crippen LogP contribution is -2.39. The zero-order chi connectivity index (χ0) is 30.1. The second-order valence-corrected chi connectivity index (χ2v) is 11.3. The second-order valence-electron chi connectivity index (χ2n) is 10.5. The number of Topliss-reactive ketones (excluding diaryl/α,β-unsaturated/α-hetero) is 1. The molecule has 0 spiro atoms. The summed E-state index contributed by atoms with van der Waals surface area (Å²) in [5.74, 6) is -6.49. The minimum absolute atomic E-state index is 0.000858. The Bertz CT molecular complexity index is 1690. The molecule has 4 unspecified atom stereocenters. The largest absolute Gasteiger partial charge is 0.573 e. The van der Waals surface area contributed by atoms with Gasteiger partial charge in [0.15, 0.2) is 11.6 Å². The molecule has 2 aromatic carbocycles. The Morgan fingerprint density at radius 3 is 2.40 bits per heavy atom. The first-order valence-corrected chi connectivity index (χ1v) is 13.8. The fourth-order valence-corrected chi connectivity index (χ4v) is 6.98. The number of benzene rings is 2. The van der Waals surface area contributed by atoms with Crippen LogP contribution in [0.15, 0.2) is 82.4 Å². The predicted octanol–water partition coefficient (Wildman–Crippen LogP) is 5.90. The van der Waals surface area contributed by atoms with E-state index in [9.17, 15) is 37.5 Å². The van der Waals surface area contributed by atoms with E-state index in [1.54, 1.807) is 36.4 Å². The van der Waals surface area contributed by atoms with Gasteiger partial charge in [0.2, 0.25) is 11.8 Å². The first kappa shape index (κ1) is 27.9. The SMILES string of the molecule is C=Cc1ccc(N2C(=O)C3CC=C4C(c5cc(OC(F)(F)F)ccc5O)C5=C(CC4C3C2=O)C(=O)C(Br)=CC5=O)cc1. The average Bonchev–Trinajstić information content (AvgIpc) is 3.20. The molecule has 214 valence electrons. The molecule has 42 heavy (non-hydrogen) atoms. The van der Waals surface area contributed by atoms with Crippen LogP contribution in [0, 0.1) is 17.8 Å². The first-order valence-electron chi connectivity index (χ1n) is 13.0. The highest BCUT2D eigenvalue weighted by Crippen LogP contribution is 2.57. The molecule has 1 saturated heterocycles. The molecule has 0 radical (unpaired) electrons. The van der Waals surface area contributed by atoms with Crippen LogP contribution >= 0.6 is 15.9 Å². The number of hydrogen-bond donors (Lipinski definition) is 1. The molecule has 4 atom stereocenters. The van der Waals surface area contributed by atoms with E-state index >= 15 is 0 Å². The van der Waals surface area contributed by atoms with Gasteiger partial charge in [-0.1, -0.05) is 36.4 Å². The lowest BCUT2D eigenvalue weighted by molar-refractivity contribution is -0.274. The lowest BCUT2D eigenvalue weighted by atomic mass is 9.59. The molecule has 1 heterocycles. The van der Waals surface area contributed by atoms with Gasteiger partial charge < -0.3 is 9.84 Å². The van der Waals surface area contributed by atoms with E-state index in [-0.39, 0.29) is 34.0 Å². The smallest absolute Gasteiger partial charge is 0.508 e. The Kier molecular flexibility index (Phi) is 6.60. The Hall–Kier alpha value is -4.25. The van der Waals surface area contributed by atoms with Gasteiger partial charge >= 0.3 is 6.36 Å². The maximum absolute atomic E-state index is 13.9. The normalized spacial score (nSPS) is 25.5. The molecule has 2 amide bonds.